The molecule has 7 heteroatoms. The smallest absolute Gasteiger partial charge is 0.343 e. The van der Waals surface area contributed by atoms with Gasteiger partial charge >= 0.3 is 11.9 Å². The molecule has 0 bridgehead atoms. The molecule has 0 aliphatic carbocycles. The first-order valence-corrected chi connectivity index (χ1v) is 6.44. The Morgan fingerprint density at radius 1 is 1.42 bits per heavy atom. The number of carboxylic acid groups (broad SMARTS) is 2. The van der Waals surface area contributed by atoms with Crippen molar-refractivity contribution in [3.63, 3.8) is 0 Å². The zero-order chi connectivity index (χ0) is 9.30. The summed E-state index contributed by atoms with van der Waals surface area (Å²) in [7, 11) is 0.285. The van der Waals surface area contributed by atoms with Gasteiger partial charge in [0.1, 0.15) is 4.91 Å². The Hall–Kier alpha value is -0.400. The van der Waals surface area contributed by atoms with Gasteiger partial charge in [-0.2, -0.15) is 0 Å². The fraction of sp³-hybridized carbons (Fsp3) is 0.200. The Labute approximate surface area is 78.6 Å². The maximum absolute atomic E-state index is 10.5. The normalized spacial score (nSPS) is 22.8. The maximum atomic E-state index is 10.5. The summed E-state index contributed by atoms with van der Waals surface area (Å²) in [5.74, 6) is -2.20. The molecular weight excluding hydrogens is 220 g/mol. The number of hydrogen-bond acceptors (Lipinski definition) is 4. The fourth-order valence-corrected chi connectivity index (χ4v) is 4.39. The second-order valence-electron chi connectivity index (χ2n) is 1.91. The quantitative estimate of drug-likeness (QED) is 0.650. The first kappa shape index (κ1) is 9.69. The van der Waals surface area contributed by atoms with Crippen LogP contribution in [0.15, 0.2) is 10.5 Å². The lowest BCUT2D eigenvalue weighted by Crippen LogP contribution is -2.09. The van der Waals surface area contributed by atoms with Crippen LogP contribution in [0, 0.1) is 0 Å². The Bertz CT molecular complexity index is 306. The van der Waals surface area contributed by atoms with Crippen LogP contribution in [-0.2, 0) is 29.3 Å². The number of carboxylic acids is 2. The first-order chi connectivity index (χ1) is 5.54. The highest BCUT2D eigenvalue weighted by molar-refractivity contribution is 8.84. The van der Waals surface area contributed by atoms with Gasteiger partial charge in [-0.05, 0) is 19.7 Å². The van der Waals surface area contributed by atoms with Gasteiger partial charge in [-0.15, -0.1) is 0 Å². The van der Waals surface area contributed by atoms with E-state index in [2.05, 4.69) is 0 Å². The lowest BCUT2D eigenvalue weighted by atomic mass is 10.3. The van der Waals surface area contributed by atoms with E-state index in [-0.39, 0.29) is 16.2 Å². The lowest BCUT2D eigenvalue weighted by molar-refractivity contribution is -0.135. The largest absolute Gasteiger partial charge is 0.478 e. The number of hydrogen-bond donors (Lipinski definition) is 2. The summed E-state index contributed by atoms with van der Waals surface area (Å²) in [6.45, 7) is 0. The molecule has 1 atom stereocenters. The molecule has 0 saturated carbocycles. The summed E-state index contributed by atoms with van der Waals surface area (Å²) >= 11 is 4.79. The van der Waals surface area contributed by atoms with Crippen LogP contribution in [0.2, 0.25) is 0 Å². The SMILES string of the molecule is O=C(O)C1=C(C(=O)O)S(=S)SC1. The standard InChI is InChI=1S/C5H4O4S3/c6-4(7)2-1-11-12(10)3(2)5(8)9/h1H2,(H,6,7)(H,8,9). The molecule has 0 aromatic carbocycles. The summed E-state index contributed by atoms with van der Waals surface area (Å²) < 4.78 is 0. The van der Waals surface area contributed by atoms with Gasteiger partial charge in [0.2, 0.25) is 0 Å². The van der Waals surface area contributed by atoms with E-state index in [1.807, 2.05) is 0 Å². The van der Waals surface area contributed by atoms with Crippen LogP contribution >= 0.6 is 10.8 Å². The van der Waals surface area contributed by atoms with Gasteiger partial charge < -0.3 is 10.2 Å². The topological polar surface area (TPSA) is 74.6 Å². The Morgan fingerprint density at radius 3 is 2.33 bits per heavy atom. The van der Waals surface area contributed by atoms with Crippen LogP contribution in [0.4, 0.5) is 0 Å². The van der Waals surface area contributed by atoms with E-state index in [9.17, 15) is 9.59 Å². The highest BCUT2D eigenvalue weighted by atomic mass is 33.3. The molecule has 1 aliphatic rings. The third kappa shape index (κ3) is 1.67. The molecule has 0 amide bonds. The Morgan fingerprint density at radius 2 is 2.00 bits per heavy atom. The molecule has 4 nitrogen and oxygen atoms in total. The van der Waals surface area contributed by atoms with Gasteiger partial charge in [-0.25, -0.2) is 9.59 Å². The summed E-state index contributed by atoms with van der Waals surface area (Å²) in [5.41, 5.74) is -0.0640. The van der Waals surface area contributed by atoms with Crippen molar-refractivity contribution < 1.29 is 19.8 Å². The molecule has 0 aromatic rings. The minimum Gasteiger partial charge on any atom is -0.478 e. The predicted octanol–water partition coefficient (Wildman–Crippen LogP) is 0.152. The molecule has 0 saturated heterocycles. The third-order valence-corrected chi connectivity index (χ3v) is 5.44. The van der Waals surface area contributed by atoms with Crippen molar-refractivity contribution in [2.45, 2.75) is 0 Å². The van der Waals surface area contributed by atoms with Crippen molar-refractivity contribution in [2.24, 2.45) is 0 Å². The first-order valence-electron chi connectivity index (χ1n) is 2.79. The number of aliphatic carboxylic acids is 2. The van der Waals surface area contributed by atoms with Crippen LogP contribution in [0.25, 0.3) is 0 Å². The predicted molar refractivity (Wildman–Crippen MR) is 49.5 cm³/mol. The monoisotopic (exact) mass is 224 g/mol. The van der Waals surface area contributed by atoms with Crippen molar-refractivity contribution in [2.75, 3.05) is 5.75 Å². The second kappa shape index (κ2) is 3.55. The van der Waals surface area contributed by atoms with E-state index in [4.69, 9.17) is 21.4 Å². The van der Waals surface area contributed by atoms with Crippen molar-refractivity contribution in [3.8, 4) is 0 Å². The molecular formula is C5H4O4S3. The average molecular weight is 224 g/mol. The molecule has 12 heavy (non-hydrogen) atoms. The molecule has 1 unspecified atom stereocenters. The van der Waals surface area contributed by atoms with Crippen LogP contribution in [0.5, 0.6) is 0 Å². The van der Waals surface area contributed by atoms with E-state index >= 15 is 0 Å². The van der Waals surface area contributed by atoms with Gasteiger partial charge in [-0.1, -0.05) is 10.8 Å². The number of rotatable bonds is 2. The fourth-order valence-electron chi connectivity index (χ4n) is 0.697. The Kier molecular flexibility index (Phi) is 2.86. The molecule has 1 aliphatic heterocycles. The molecule has 1 heterocycles. The lowest BCUT2D eigenvalue weighted by Gasteiger charge is -1.95. The van der Waals surface area contributed by atoms with Gasteiger partial charge in [0.15, 0.2) is 0 Å². The zero-order valence-electron chi connectivity index (χ0n) is 5.64. The number of carbonyl (C=O) groups is 2. The highest BCUT2D eigenvalue weighted by Crippen LogP contribution is 2.31. The van der Waals surface area contributed by atoms with Crippen LogP contribution in [0.1, 0.15) is 0 Å². The molecule has 66 valence electrons. The molecule has 0 aromatic heterocycles. The van der Waals surface area contributed by atoms with Crippen molar-refractivity contribution >= 4 is 42.4 Å². The minimum absolute atomic E-state index is 0.0640. The third-order valence-electron chi connectivity index (χ3n) is 1.20. The van der Waals surface area contributed by atoms with Gasteiger partial charge in [-0.3, -0.25) is 0 Å². The van der Waals surface area contributed by atoms with Crippen molar-refractivity contribution in [3.05, 3.63) is 10.5 Å². The van der Waals surface area contributed by atoms with Crippen LogP contribution in [-0.4, -0.2) is 27.9 Å². The molecule has 1 rings (SSSR count). The van der Waals surface area contributed by atoms with E-state index in [1.165, 1.54) is 10.8 Å². The minimum atomic E-state index is -1.21. The van der Waals surface area contributed by atoms with Crippen molar-refractivity contribution in [1.82, 2.24) is 0 Å². The van der Waals surface area contributed by atoms with E-state index in [0.29, 0.717) is 0 Å². The molecule has 0 spiro atoms. The average Bonchev–Trinajstić information content (AvgIpc) is 2.30. The van der Waals surface area contributed by atoms with E-state index < -0.39 is 20.4 Å². The molecule has 0 radical (unpaired) electrons. The van der Waals surface area contributed by atoms with Crippen LogP contribution < -0.4 is 0 Å². The molecule has 0 fully saturated rings. The zero-order valence-corrected chi connectivity index (χ0v) is 8.09. The summed E-state index contributed by atoms with van der Waals surface area (Å²) in [6, 6.07) is 0. The molecule has 2 N–H and O–H groups in total. The Balaban J connectivity index is 3.15. The summed E-state index contributed by atoms with van der Waals surface area (Å²) in [5, 5.41) is 17.2. The van der Waals surface area contributed by atoms with Gasteiger partial charge in [0, 0.05) is 5.75 Å². The van der Waals surface area contributed by atoms with Gasteiger partial charge in [0.25, 0.3) is 0 Å². The second-order valence-corrected chi connectivity index (χ2v) is 6.66. The summed E-state index contributed by atoms with van der Waals surface area (Å²) in [6.07, 6.45) is 0. The van der Waals surface area contributed by atoms with Crippen LogP contribution in [0.3, 0.4) is 0 Å². The van der Waals surface area contributed by atoms with Gasteiger partial charge in [0.05, 0.1) is 5.57 Å². The maximum Gasteiger partial charge on any atom is 0.343 e. The summed E-state index contributed by atoms with van der Waals surface area (Å²) in [4.78, 5) is 20.9. The highest BCUT2D eigenvalue weighted by Gasteiger charge is 2.29. The van der Waals surface area contributed by atoms with E-state index in [0.717, 1.165) is 0 Å². The van der Waals surface area contributed by atoms with Crippen molar-refractivity contribution in [1.29, 1.82) is 0 Å². The van der Waals surface area contributed by atoms with E-state index in [1.54, 1.807) is 0 Å².